The first kappa shape index (κ1) is 12.4. The normalized spacial score (nSPS) is 15.2. The van der Waals surface area contributed by atoms with E-state index in [-0.39, 0.29) is 0 Å². The third kappa shape index (κ3) is 3.00. The lowest BCUT2D eigenvalue weighted by atomic mass is 10.1. The van der Waals surface area contributed by atoms with Crippen LogP contribution in [0.3, 0.4) is 0 Å². The maximum absolute atomic E-state index is 11.0. The van der Waals surface area contributed by atoms with E-state index in [0.29, 0.717) is 5.69 Å². The number of anilines is 2. The molecule has 0 radical (unpaired) electrons. The van der Waals surface area contributed by atoms with Gasteiger partial charge in [-0.3, -0.25) is 4.79 Å². The van der Waals surface area contributed by atoms with E-state index in [9.17, 15) is 9.59 Å². The number of piperidine rings is 1. The quantitative estimate of drug-likeness (QED) is 0.781. The van der Waals surface area contributed by atoms with Crippen molar-refractivity contribution < 1.29 is 14.7 Å². The van der Waals surface area contributed by atoms with Crippen molar-refractivity contribution in [3.05, 3.63) is 24.3 Å². The molecule has 1 aromatic rings. The van der Waals surface area contributed by atoms with Gasteiger partial charge in [-0.15, -0.1) is 0 Å². The fraction of sp³-hybridized carbons (Fsp3) is 0.385. The molecular weight excluding hydrogens is 232 g/mol. The molecule has 1 aliphatic heterocycles. The first-order chi connectivity index (χ1) is 8.66. The number of carbonyl (C=O) groups excluding carboxylic acids is 1. The van der Waals surface area contributed by atoms with E-state index in [2.05, 4.69) is 10.2 Å². The van der Waals surface area contributed by atoms with Gasteiger partial charge < -0.3 is 15.3 Å². The van der Waals surface area contributed by atoms with Crippen molar-refractivity contribution in [1.82, 2.24) is 0 Å². The number of aliphatic carboxylic acids is 1. The zero-order valence-corrected chi connectivity index (χ0v) is 10.1. The number of carbonyl (C=O) groups is 2. The van der Waals surface area contributed by atoms with Gasteiger partial charge in [-0.2, -0.15) is 0 Å². The Balaban J connectivity index is 2.00. The fourth-order valence-electron chi connectivity index (χ4n) is 2.09. The number of amides is 1. The minimum atomic E-state index is -1.48. The van der Waals surface area contributed by atoms with Crippen molar-refractivity contribution in [3.63, 3.8) is 0 Å². The molecule has 2 rings (SSSR count). The predicted octanol–water partition coefficient (Wildman–Crippen LogP) is 1.70. The molecular formula is C13H16N2O3. The van der Waals surface area contributed by atoms with Crippen LogP contribution >= 0.6 is 0 Å². The van der Waals surface area contributed by atoms with E-state index in [4.69, 9.17) is 5.11 Å². The first-order valence-electron chi connectivity index (χ1n) is 6.06. The molecule has 1 heterocycles. The van der Waals surface area contributed by atoms with Gasteiger partial charge in [-0.1, -0.05) is 0 Å². The molecule has 0 bridgehead atoms. The number of benzene rings is 1. The highest BCUT2D eigenvalue weighted by Gasteiger charge is 2.13. The van der Waals surface area contributed by atoms with Crippen LogP contribution in [0.15, 0.2) is 24.3 Å². The summed E-state index contributed by atoms with van der Waals surface area (Å²) in [4.78, 5) is 23.7. The average Bonchev–Trinajstić information content (AvgIpc) is 2.40. The molecule has 18 heavy (non-hydrogen) atoms. The van der Waals surface area contributed by atoms with Gasteiger partial charge in [0.15, 0.2) is 0 Å². The molecule has 0 saturated carbocycles. The second kappa shape index (κ2) is 5.53. The molecule has 1 saturated heterocycles. The Bertz CT molecular complexity index is 436. The number of nitrogens with one attached hydrogen (secondary N) is 1. The average molecular weight is 248 g/mol. The van der Waals surface area contributed by atoms with Crippen LogP contribution in [-0.2, 0) is 9.59 Å². The molecule has 2 N–H and O–H groups in total. The zero-order chi connectivity index (χ0) is 13.0. The monoisotopic (exact) mass is 248 g/mol. The van der Waals surface area contributed by atoms with Crippen molar-refractivity contribution in [2.75, 3.05) is 23.3 Å². The Morgan fingerprint density at radius 2 is 1.67 bits per heavy atom. The third-order valence-corrected chi connectivity index (χ3v) is 3.04. The van der Waals surface area contributed by atoms with Crippen LogP contribution in [0, 0.1) is 0 Å². The van der Waals surface area contributed by atoms with Crippen molar-refractivity contribution in [3.8, 4) is 0 Å². The molecule has 5 nitrogen and oxygen atoms in total. The summed E-state index contributed by atoms with van der Waals surface area (Å²) in [6, 6.07) is 7.27. The molecule has 96 valence electrons. The topological polar surface area (TPSA) is 69.6 Å². The van der Waals surface area contributed by atoms with Gasteiger partial charge in [-0.05, 0) is 43.5 Å². The number of hydrogen-bond acceptors (Lipinski definition) is 3. The SMILES string of the molecule is O=C(O)C(=O)Nc1ccc(N2CCCCC2)cc1. The van der Waals surface area contributed by atoms with E-state index in [1.807, 2.05) is 12.1 Å². The van der Waals surface area contributed by atoms with Crippen LogP contribution in [0.25, 0.3) is 0 Å². The lowest BCUT2D eigenvalue weighted by Crippen LogP contribution is -2.29. The Labute approximate surface area is 105 Å². The predicted molar refractivity (Wildman–Crippen MR) is 68.8 cm³/mol. The number of carboxylic acids is 1. The summed E-state index contributed by atoms with van der Waals surface area (Å²) >= 11 is 0. The smallest absolute Gasteiger partial charge is 0.394 e. The first-order valence-corrected chi connectivity index (χ1v) is 6.06. The molecule has 0 aromatic heterocycles. The molecule has 0 unspecified atom stereocenters. The number of hydrogen-bond donors (Lipinski definition) is 2. The lowest BCUT2D eigenvalue weighted by molar-refractivity contribution is -0.147. The maximum atomic E-state index is 11.0. The van der Waals surface area contributed by atoms with Crippen LogP contribution < -0.4 is 10.2 Å². The summed E-state index contributed by atoms with van der Waals surface area (Å²) in [6.07, 6.45) is 3.69. The summed E-state index contributed by atoms with van der Waals surface area (Å²) < 4.78 is 0. The van der Waals surface area contributed by atoms with E-state index in [1.54, 1.807) is 12.1 Å². The summed E-state index contributed by atoms with van der Waals surface area (Å²) in [7, 11) is 0. The lowest BCUT2D eigenvalue weighted by Gasteiger charge is -2.28. The van der Waals surface area contributed by atoms with E-state index in [0.717, 1.165) is 18.8 Å². The summed E-state index contributed by atoms with van der Waals surface area (Å²) in [5.74, 6) is -2.49. The summed E-state index contributed by atoms with van der Waals surface area (Å²) in [6.45, 7) is 2.11. The van der Waals surface area contributed by atoms with Gasteiger partial charge in [-0.25, -0.2) is 4.79 Å². The van der Waals surface area contributed by atoms with Crippen LogP contribution in [0.5, 0.6) is 0 Å². The van der Waals surface area contributed by atoms with E-state index >= 15 is 0 Å². The molecule has 0 spiro atoms. The Kier molecular flexibility index (Phi) is 3.82. The molecule has 1 amide bonds. The van der Waals surface area contributed by atoms with Gasteiger partial charge in [0.05, 0.1) is 0 Å². The van der Waals surface area contributed by atoms with Gasteiger partial charge in [0.25, 0.3) is 0 Å². The second-order valence-corrected chi connectivity index (χ2v) is 4.35. The van der Waals surface area contributed by atoms with Gasteiger partial charge in [0.1, 0.15) is 0 Å². The molecule has 1 aromatic carbocycles. The Morgan fingerprint density at radius 3 is 2.22 bits per heavy atom. The molecule has 0 aliphatic carbocycles. The van der Waals surface area contributed by atoms with E-state index in [1.165, 1.54) is 19.3 Å². The molecule has 5 heteroatoms. The summed E-state index contributed by atoms with van der Waals surface area (Å²) in [5.41, 5.74) is 1.62. The minimum absolute atomic E-state index is 0.503. The van der Waals surface area contributed by atoms with Gasteiger partial charge in [0, 0.05) is 24.5 Å². The second-order valence-electron chi connectivity index (χ2n) is 4.35. The zero-order valence-electron chi connectivity index (χ0n) is 10.1. The molecule has 0 atom stereocenters. The van der Waals surface area contributed by atoms with E-state index < -0.39 is 11.9 Å². The van der Waals surface area contributed by atoms with Crippen LogP contribution in [-0.4, -0.2) is 30.1 Å². The highest BCUT2D eigenvalue weighted by molar-refractivity contribution is 6.36. The fourth-order valence-corrected chi connectivity index (χ4v) is 2.09. The van der Waals surface area contributed by atoms with Gasteiger partial charge >= 0.3 is 11.9 Å². The molecule has 1 fully saturated rings. The maximum Gasteiger partial charge on any atom is 0.394 e. The minimum Gasteiger partial charge on any atom is -0.474 e. The standard InChI is InChI=1S/C13H16N2O3/c16-12(13(17)18)14-10-4-6-11(7-5-10)15-8-2-1-3-9-15/h4-7H,1-3,8-9H2,(H,14,16)(H,17,18). The Hall–Kier alpha value is -2.04. The van der Waals surface area contributed by atoms with Crippen molar-refractivity contribution in [2.45, 2.75) is 19.3 Å². The van der Waals surface area contributed by atoms with Crippen LogP contribution in [0.1, 0.15) is 19.3 Å². The van der Waals surface area contributed by atoms with Gasteiger partial charge in [0.2, 0.25) is 0 Å². The highest BCUT2D eigenvalue weighted by Crippen LogP contribution is 2.21. The Morgan fingerprint density at radius 1 is 1.06 bits per heavy atom. The van der Waals surface area contributed by atoms with Crippen LogP contribution in [0.4, 0.5) is 11.4 Å². The number of nitrogens with zero attached hydrogens (tertiary/aromatic N) is 1. The molecule has 1 aliphatic rings. The number of carboxylic acid groups (broad SMARTS) is 1. The van der Waals surface area contributed by atoms with Crippen molar-refractivity contribution in [1.29, 1.82) is 0 Å². The van der Waals surface area contributed by atoms with Crippen molar-refractivity contribution in [2.24, 2.45) is 0 Å². The summed E-state index contributed by atoms with van der Waals surface area (Å²) in [5, 5.41) is 10.8. The largest absolute Gasteiger partial charge is 0.474 e. The third-order valence-electron chi connectivity index (χ3n) is 3.04. The number of rotatable bonds is 2. The van der Waals surface area contributed by atoms with Crippen LogP contribution in [0.2, 0.25) is 0 Å². The van der Waals surface area contributed by atoms with Crippen molar-refractivity contribution >= 4 is 23.3 Å². The highest BCUT2D eigenvalue weighted by atomic mass is 16.4.